The molecule has 0 aliphatic rings. The molecule has 8 aromatic rings. The van der Waals surface area contributed by atoms with Crippen LogP contribution in [0.25, 0.3) is 54.2 Å². The largest absolute Gasteiger partial charge is 0.365 e. The number of anilines is 1. The molecule has 0 fully saturated rings. The molecule has 44 heavy (non-hydrogen) atoms. The fourth-order valence-electron chi connectivity index (χ4n) is 6.68. The van der Waals surface area contributed by atoms with Crippen molar-refractivity contribution in [2.45, 2.75) is 12.7 Å². The second-order valence-electron chi connectivity index (χ2n) is 11.4. The molecule has 1 atom stereocenters. The van der Waals surface area contributed by atoms with E-state index in [1.165, 1.54) is 65.3 Å². The molecule has 8 rings (SSSR count). The van der Waals surface area contributed by atoms with E-state index >= 15 is 0 Å². The van der Waals surface area contributed by atoms with Gasteiger partial charge in [-0.2, -0.15) is 0 Å². The van der Waals surface area contributed by atoms with Crippen LogP contribution in [0.4, 0.5) is 5.69 Å². The van der Waals surface area contributed by atoms with E-state index in [4.69, 9.17) is 0 Å². The van der Waals surface area contributed by atoms with Gasteiger partial charge in [0.05, 0.1) is 0 Å². The quantitative estimate of drug-likeness (QED) is 0.114. The highest BCUT2D eigenvalue weighted by molar-refractivity contribution is 6.14. The van der Waals surface area contributed by atoms with Crippen LogP contribution in [0.1, 0.15) is 17.3 Å². The zero-order valence-electron chi connectivity index (χ0n) is 24.4. The van der Waals surface area contributed by atoms with Crippen LogP contribution in [-0.2, 0) is 6.54 Å². The van der Waals surface area contributed by atoms with Gasteiger partial charge in [0.2, 0.25) is 0 Å². The molecule has 1 unspecified atom stereocenters. The molecule has 0 aliphatic heterocycles. The van der Waals surface area contributed by atoms with Gasteiger partial charge in [-0.3, -0.25) is 5.32 Å². The van der Waals surface area contributed by atoms with E-state index in [1.807, 2.05) is 0 Å². The first-order valence-electron chi connectivity index (χ1n) is 15.3. The summed E-state index contributed by atoms with van der Waals surface area (Å²) in [5.41, 5.74) is 6.00. The van der Waals surface area contributed by atoms with Crippen molar-refractivity contribution in [3.05, 3.63) is 175 Å². The molecule has 2 N–H and O–H groups in total. The third kappa shape index (κ3) is 4.76. The van der Waals surface area contributed by atoms with Gasteiger partial charge in [-0.05, 0) is 66.3 Å². The van der Waals surface area contributed by atoms with Crippen LogP contribution >= 0.6 is 0 Å². The van der Waals surface area contributed by atoms with Crippen LogP contribution in [0.2, 0.25) is 0 Å². The van der Waals surface area contributed by atoms with Gasteiger partial charge < -0.3 is 5.32 Å². The molecule has 0 saturated carbocycles. The van der Waals surface area contributed by atoms with Crippen LogP contribution in [0.15, 0.2) is 164 Å². The summed E-state index contributed by atoms with van der Waals surface area (Å²) in [5.74, 6) is 0. The van der Waals surface area contributed by atoms with Crippen molar-refractivity contribution in [3.8, 4) is 11.1 Å². The SMILES string of the molecule is c1ccc(-c2ccccc2NC(NCc2cccc3ccccc23)c2c3ccccc3cc3c2ccc2ccccc23)cc1. The maximum absolute atomic E-state index is 4.00. The van der Waals surface area contributed by atoms with E-state index in [9.17, 15) is 0 Å². The topological polar surface area (TPSA) is 24.1 Å². The minimum absolute atomic E-state index is 0.173. The summed E-state index contributed by atoms with van der Waals surface area (Å²) >= 11 is 0. The lowest BCUT2D eigenvalue weighted by Gasteiger charge is -2.27. The summed E-state index contributed by atoms with van der Waals surface area (Å²) < 4.78 is 0. The zero-order chi connectivity index (χ0) is 29.3. The standard InChI is InChI=1S/C42H32N2/c1-2-13-30(14-3-1)36-22-10-11-24-40(36)44-42(43-28-33-19-12-18-29-15-4-7-20-34(29)33)41-37-23-9-6-17-32(37)27-39-35-21-8-5-16-31(35)25-26-38(39)41/h1-27,42-44H,28H2. The van der Waals surface area contributed by atoms with Crippen molar-refractivity contribution < 1.29 is 0 Å². The van der Waals surface area contributed by atoms with E-state index in [0.717, 1.165) is 5.69 Å². The minimum Gasteiger partial charge on any atom is -0.365 e. The molecule has 8 aromatic carbocycles. The average Bonchev–Trinajstić information content (AvgIpc) is 3.09. The Bertz CT molecular complexity index is 2260. The number of hydrogen-bond donors (Lipinski definition) is 2. The molecular formula is C42H32N2. The normalized spacial score (nSPS) is 12.2. The zero-order valence-corrected chi connectivity index (χ0v) is 24.4. The highest BCUT2D eigenvalue weighted by atomic mass is 15.1. The molecular weight excluding hydrogens is 532 g/mol. The third-order valence-corrected chi connectivity index (χ3v) is 8.79. The second kappa shape index (κ2) is 11.3. The van der Waals surface area contributed by atoms with Gasteiger partial charge >= 0.3 is 0 Å². The summed E-state index contributed by atoms with van der Waals surface area (Å²) in [5, 5.41) is 18.1. The molecule has 0 aliphatic carbocycles. The van der Waals surface area contributed by atoms with Gasteiger partial charge in [0.1, 0.15) is 6.17 Å². The van der Waals surface area contributed by atoms with Crippen molar-refractivity contribution in [3.63, 3.8) is 0 Å². The van der Waals surface area contributed by atoms with Gasteiger partial charge in [-0.1, -0.05) is 152 Å². The van der Waals surface area contributed by atoms with Crippen LogP contribution in [0.5, 0.6) is 0 Å². The Hall–Kier alpha value is -5.44. The summed E-state index contributed by atoms with van der Waals surface area (Å²) in [7, 11) is 0. The molecule has 0 bridgehead atoms. The molecule has 0 radical (unpaired) electrons. The Morgan fingerprint density at radius 2 is 1.07 bits per heavy atom. The summed E-state index contributed by atoms with van der Waals surface area (Å²) in [4.78, 5) is 0. The lowest BCUT2D eigenvalue weighted by Crippen LogP contribution is -2.28. The molecule has 0 amide bonds. The predicted octanol–water partition coefficient (Wildman–Crippen LogP) is 10.9. The Labute approximate surface area is 257 Å². The fourth-order valence-corrected chi connectivity index (χ4v) is 6.68. The Morgan fingerprint density at radius 1 is 0.432 bits per heavy atom. The Kier molecular flexibility index (Phi) is 6.75. The van der Waals surface area contributed by atoms with Crippen LogP contribution < -0.4 is 10.6 Å². The van der Waals surface area contributed by atoms with Crippen LogP contribution in [0, 0.1) is 0 Å². The molecule has 210 valence electrons. The maximum Gasteiger partial charge on any atom is 0.105 e. The first-order chi connectivity index (χ1) is 21.8. The fraction of sp³-hybridized carbons (Fsp3) is 0.0476. The number of nitrogens with one attached hydrogen (secondary N) is 2. The molecule has 0 saturated heterocycles. The van der Waals surface area contributed by atoms with Crippen molar-refractivity contribution in [2.24, 2.45) is 0 Å². The lowest BCUT2D eigenvalue weighted by atomic mass is 9.91. The van der Waals surface area contributed by atoms with Gasteiger partial charge in [0.15, 0.2) is 0 Å². The monoisotopic (exact) mass is 564 g/mol. The molecule has 0 aromatic heterocycles. The first kappa shape index (κ1) is 26.2. The van der Waals surface area contributed by atoms with Gasteiger partial charge in [-0.25, -0.2) is 0 Å². The van der Waals surface area contributed by atoms with E-state index in [2.05, 4.69) is 174 Å². The second-order valence-corrected chi connectivity index (χ2v) is 11.4. The number of hydrogen-bond acceptors (Lipinski definition) is 2. The van der Waals surface area contributed by atoms with Crippen molar-refractivity contribution in [1.29, 1.82) is 0 Å². The lowest BCUT2D eigenvalue weighted by molar-refractivity contribution is 0.595. The van der Waals surface area contributed by atoms with E-state index in [-0.39, 0.29) is 6.17 Å². The summed E-state index contributed by atoms with van der Waals surface area (Å²) in [6, 6.07) is 58.9. The molecule has 2 heteroatoms. The predicted molar refractivity (Wildman–Crippen MR) is 188 cm³/mol. The van der Waals surface area contributed by atoms with Crippen molar-refractivity contribution in [2.75, 3.05) is 5.32 Å². The highest BCUT2D eigenvalue weighted by Gasteiger charge is 2.21. The van der Waals surface area contributed by atoms with Crippen LogP contribution in [-0.4, -0.2) is 0 Å². The Morgan fingerprint density at radius 3 is 1.91 bits per heavy atom. The molecule has 0 heterocycles. The number of benzene rings is 8. The summed E-state index contributed by atoms with van der Waals surface area (Å²) in [6.45, 7) is 0.713. The average molecular weight is 565 g/mol. The van der Waals surface area contributed by atoms with Gasteiger partial charge in [0.25, 0.3) is 0 Å². The van der Waals surface area contributed by atoms with E-state index in [0.29, 0.717) is 6.54 Å². The highest BCUT2D eigenvalue weighted by Crippen LogP contribution is 2.38. The Balaban J connectivity index is 1.33. The number of fused-ring (bicyclic) bond motifs is 5. The van der Waals surface area contributed by atoms with Crippen molar-refractivity contribution in [1.82, 2.24) is 5.32 Å². The summed E-state index contributed by atoms with van der Waals surface area (Å²) in [6.07, 6.45) is -0.173. The maximum atomic E-state index is 4.00. The van der Waals surface area contributed by atoms with E-state index in [1.54, 1.807) is 0 Å². The first-order valence-corrected chi connectivity index (χ1v) is 15.3. The number of rotatable bonds is 7. The van der Waals surface area contributed by atoms with E-state index < -0.39 is 0 Å². The third-order valence-electron chi connectivity index (χ3n) is 8.79. The van der Waals surface area contributed by atoms with Gasteiger partial charge in [0, 0.05) is 23.4 Å². The van der Waals surface area contributed by atoms with Crippen LogP contribution in [0.3, 0.4) is 0 Å². The molecule has 0 spiro atoms. The van der Waals surface area contributed by atoms with Gasteiger partial charge in [-0.15, -0.1) is 0 Å². The number of para-hydroxylation sites is 1. The minimum atomic E-state index is -0.173. The molecule has 2 nitrogen and oxygen atoms in total. The smallest absolute Gasteiger partial charge is 0.105 e. The van der Waals surface area contributed by atoms with Crippen molar-refractivity contribution >= 4 is 48.8 Å².